The van der Waals surface area contributed by atoms with Crippen LogP contribution in [-0.2, 0) is 4.79 Å². The molecular formula is C15H16BrN3O2. The lowest BCUT2D eigenvalue weighted by Gasteiger charge is -2.30. The van der Waals surface area contributed by atoms with Gasteiger partial charge in [0, 0.05) is 40.6 Å². The Morgan fingerprint density at radius 3 is 2.67 bits per heavy atom. The number of rotatable bonds is 2. The first-order chi connectivity index (χ1) is 10.1. The normalized spacial score (nSPS) is 16.3. The number of hydrogen-bond donors (Lipinski definition) is 2. The summed E-state index contributed by atoms with van der Waals surface area (Å²) in [6.07, 6.45) is 3.03. The zero-order valence-corrected chi connectivity index (χ0v) is 13.0. The third kappa shape index (κ3) is 2.55. The largest absolute Gasteiger partial charge is 0.369 e. The van der Waals surface area contributed by atoms with E-state index in [9.17, 15) is 9.59 Å². The van der Waals surface area contributed by atoms with E-state index in [1.165, 1.54) is 0 Å². The summed E-state index contributed by atoms with van der Waals surface area (Å²) in [5.74, 6) is -0.378. The van der Waals surface area contributed by atoms with Gasteiger partial charge in [-0.3, -0.25) is 9.59 Å². The number of aromatic amines is 1. The summed E-state index contributed by atoms with van der Waals surface area (Å²) in [5, 5.41) is 0.902. The molecule has 5 nitrogen and oxygen atoms in total. The SMILES string of the molecule is NC(=O)C1CCN(C(=O)c2c[nH]c3cccc(Br)c23)CC1. The number of fused-ring (bicyclic) bond motifs is 1. The molecule has 110 valence electrons. The summed E-state index contributed by atoms with van der Waals surface area (Å²) in [6, 6.07) is 5.79. The van der Waals surface area contributed by atoms with Crippen molar-refractivity contribution in [1.29, 1.82) is 0 Å². The zero-order valence-electron chi connectivity index (χ0n) is 11.4. The van der Waals surface area contributed by atoms with Gasteiger partial charge in [-0.15, -0.1) is 0 Å². The maximum Gasteiger partial charge on any atom is 0.256 e. The minimum absolute atomic E-state index is 0.00364. The number of nitrogens with two attached hydrogens (primary N) is 1. The van der Waals surface area contributed by atoms with Crippen LogP contribution in [0.1, 0.15) is 23.2 Å². The summed E-state index contributed by atoms with van der Waals surface area (Å²) < 4.78 is 0.900. The molecule has 1 aliphatic heterocycles. The highest BCUT2D eigenvalue weighted by atomic mass is 79.9. The van der Waals surface area contributed by atoms with Crippen molar-refractivity contribution >= 4 is 38.6 Å². The van der Waals surface area contributed by atoms with Crippen molar-refractivity contribution < 1.29 is 9.59 Å². The van der Waals surface area contributed by atoms with Crippen molar-refractivity contribution in [1.82, 2.24) is 9.88 Å². The molecule has 0 bridgehead atoms. The number of carbonyl (C=O) groups is 2. The van der Waals surface area contributed by atoms with Crippen molar-refractivity contribution in [3.8, 4) is 0 Å². The van der Waals surface area contributed by atoms with E-state index < -0.39 is 0 Å². The number of halogens is 1. The van der Waals surface area contributed by atoms with Gasteiger partial charge in [0.25, 0.3) is 5.91 Å². The molecule has 0 spiro atoms. The van der Waals surface area contributed by atoms with Crippen LogP contribution < -0.4 is 5.73 Å². The summed E-state index contributed by atoms with van der Waals surface area (Å²) in [4.78, 5) is 28.8. The summed E-state index contributed by atoms with van der Waals surface area (Å²) in [5.41, 5.74) is 6.92. The van der Waals surface area contributed by atoms with Gasteiger partial charge in [-0.25, -0.2) is 0 Å². The fraction of sp³-hybridized carbons (Fsp3) is 0.333. The van der Waals surface area contributed by atoms with E-state index in [0.29, 0.717) is 31.5 Å². The molecule has 1 aromatic heterocycles. The number of amides is 2. The minimum atomic E-state index is -0.267. The second-order valence-electron chi connectivity index (χ2n) is 5.33. The molecule has 3 N–H and O–H groups in total. The maximum atomic E-state index is 12.7. The van der Waals surface area contributed by atoms with Gasteiger partial charge in [0.1, 0.15) is 0 Å². The quantitative estimate of drug-likeness (QED) is 0.871. The van der Waals surface area contributed by atoms with Crippen LogP contribution in [0.15, 0.2) is 28.9 Å². The number of piperidine rings is 1. The number of nitrogens with zero attached hydrogens (tertiary/aromatic N) is 1. The molecule has 1 saturated heterocycles. The summed E-state index contributed by atoms with van der Waals surface area (Å²) >= 11 is 3.50. The molecule has 3 rings (SSSR count). The van der Waals surface area contributed by atoms with E-state index in [-0.39, 0.29) is 17.7 Å². The molecule has 0 unspecified atom stereocenters. The molecule has 0 radical (unpaired) electrons. The van der Waals surface area contributed by atoms with E-state index in [2.05, 4.69) is 20.9 Å². The van der Waals surface area contributed by atoms with Crippen LogP contribution in [0.4, 0.5) is 0 Å². The minimum Gasteiger partial charge on any atom is -0.369 e. The molecule has 2 aromatic rings. The molecule has 2 amide bonds. The highest BCUT2D eigenvalue weighted by Gasteiger charge is 2.27. The second kappa shape index (κ2) is 5.52. The first-order valence-electron chi connectivity index (χ1n) is 6.92. The Morgan fingerprint density at radius 2 is 2.00 bits per heavy atom. The smallest absolute Gasteiger partial charge is 0.256 e. The molecule has 1 aromatic carbocycles. The number of primary amides is 1. The summed E-state index contributed by atoms with van der Waals surface area (Å²) in [7, 11) is 0. The Bertz CT molecular complexity index is 702. The van der Waals surface area contributed by atoms with Crippen molar-refractivity contribution in [2.24, 2.45) is 11.7 Å². The number of hydrogen-bond acceptors (Lipinski definition) is 2. The van der Waals surface area contributed by atoms with Crippen molar-refractivity contribution in [3.63, 3.8) is 0 Å². The maximum absolute atomic E-state index is 12.7. The molecule has 0 atom stereocenters. The zero-order chi connectivity index (χ0) is 15.0. The van der Waals surface area contributed by atoms with E-state index in [1.807, 2.05) is 18.2 Å². The van der Waals surface area contributed by atoms with Crippen LogP contribution in [0.3, 0.4) is 0 Å². The highest BCUT2D eigenvalue weighted by Crippen LogP contribution is 2.28. The molecule has 1 fully saturated rings. The predicted octanol–water partition coefficient (Wildman–Crippen LogP) is 2.27. The van der Waals surface area contributed by atoms with Crippen LogP contribution in [0.5, 0.6) is 0 Å². The molecule has 0 aliphatic carbocycles. The molecule has 0 saturated carbocycles. The van der Waals surface area contributed by atoms with Crippen LogP contribution >= 0.6 is 15.9 Å². The molecule has 1 aliphatic rings. The molecule has 21 heavy (non-hydrogen) atoms. The third-order valence-electron chi connectivity index (χ3n) is 4.07. The van der Waals surface area contributed by atoms with Gasteiger partial charge < -0.3 is 15.6 Å². The Labute approximate surface area is 130 Å². The lowest BCUT2D eigenvalue weighted by molar-refractivity contribution is -0.123. The Morgan fingerprint density at radius 1 is 1.29 bits per heavy atom. The fourth-order valence-corrected chi connectivity index (χ4v) is 3.43. The molecule has 2 heterocycles. The van der Waals surface area contributed by atoms with Gasteiger partial charge in [0.05, 0.1) is 5.56 Å². The lowest BCUT2D eigenvalue weighted by Crippen LogP contribution is -2.41. The van der Waals surface area contributed by atoms with Gasteiger partial charge in [0.15, 0.2) is 0 Å². The summed E-state index contributed by atoms with van der Waals surface area (Å²) in [6.45, 7) is 1.15. The van der Waals surface area contributed by atoms with Gasteiger partial charge in [-0.2, -0.15) is 0 Å². The van der Waals surface area contributed by atoms with Gasteiger partial charge >= 0.3 is 0 Å². The van der Waals surface area contributed by atoms with E-state index in [0.717, 1.165) is 15.4 Å². The standard InChI is InChI=1S/C15H16BrN3O2/c16-11-2-1-3-12-13(11)10(8-18-12)15(21)19-6-4-9(5-7-19)14(17)20/h1-3,8-9,18H,4-7H2,(H2,17,20). The number of nitrogens with one attached hydrogen (secondary N) is 1. The van der Waals surface area contributed by atoms with Gasteiger partial charge in [0.2, 0.25) is 5.91 Å². The Hall–Kier alpha value is -1.82. The average Bonchev–Trinajstić information content (AvgIpc) is 2.92. The van der Waals surface area contributed by atoms with E-state index in [4.69, 9.17) is 5.73 Å². The van der Waals surface area contributed by atoms with Crippen LogP contribution in [0.2, 0.25) is 0 Å². The van der Waals surface area contributed by atoms with Crippen LogP contribution in [-0.4, -0.2) is 34.8 Å². The predicted molar refractivity (Wildman–Crippen MR) is 83.8 cm³/mol. The van der Waals surface area contributed by atoms with E-state index in [1.54, 1.807) is 11.1 Å². The highest BCUT2D eigenvalue weighted by molar-refractivity contribution is 9.10. The van der Waals surface area contributed by atoms with Crippen molar-refractivity contribution in [2.45, 2.75) is 12.8 Å². The van der Waals surface area contributed by atoms with Crippen molar-refractivity contribution in [3.05, 3.63) is 34.4 Å². The van der Waals surface area contributed by atoms with E-state index >= 15 is 0 Å². The van der Waals surface area contributed by atoms with Crippen LogP contribution in [0.25, 0.3) is 10.9 Å². The monoisotopic (exact) mass is 349 g/mol. The Balaban J connectivity index is 1.84. The number of carbonyl (C=O) groups excluding carboxylic acids is 2. The fourth-order valence-electron chi connectivity index (χ4n) is 2.85. The van der Waals surface area contributed by atoms with Gasteiger partial charge in [-0.05, 0) is 25.0 Å². The Kier molecular flexibility index (Phi) is 3.71. The van der Waals surface area contributed by atoms with Gasteiger partial charge in [-0.1, -0.05) is 22.0 Å². The topological polar surface area (TPSA) is 79.2 Å². The average molecular weight is 350 g/mol. The van der Waals surface area contributed by atoms with Crippen molar-refractivity contribution in [2.75, 3.05) is 13.1 Å². The molecular weight excluding hydrogens is 334 g/mol. The second-order valence-corrected chi connectivity index (χ2v) is 6.19. The number of aromatic nitrogens is 1. The molecule has 6 heteroatoms. The lowest BCUT2D eigenvalue weighted by atomic mass is 9.96. The first kappa shape index (κ1) is 14.1. The van der Waals surface area contributed by atoms with Crippen LogP contribution in [0, 0.1) is 5.92 Å². The number of benzene rings is 1. The first-order valence-corrected chi connectivity index (χ1v) is 7.71. The number of likely N-dealkylation sites (tertiary alicyclic amines) is 1. The third-order valence-corrected chi connectivity index (χ3v) is 4.73. The number of H-pyrrole nitrogens is 1.